The van der Waals surface area contributed by atoms with Crippen LogP contribution in [0.4, 0.5) is 0 Å². The smallest absolute Gasteiger partial charge is 0.331 e. The number of rotatable bonds is 5. The summed E-state index contributed by atoms with van der Waals surface area (Å²) in [5.41, 5.74) is 4.21. The van der Waals surface area contributed by atoms with E-state index in [-0.39, 0.29) is 4.75 Å². The second-order valence-electron chi connectivity index (χ2n) is 10.6. The lowest BCUT2D eigenvalue weighted by molar-refractivity contribution is 0.0855. The van der Waals surface area contributed by atoms with E-state index in [1.807, 2.05) is 7.48 Å². The number of benzene rings is 5. The minimum Gasteiger partial charge on any atom is -0.428 e. The van der Waals surface area contributed by atoms with Gasteiger partial charge in [0.15, 0.2) is 0 Å². The quantitative estimate of drug-likeness (QED) is 0.194. The molecule has 0 unspecified atom stereocenters. The predicted molar refractivity (Wildman–Crippen MR) is 159 cm³/mol. The number of fused-ring (bicyclic) bond motifs is 6. The fourth-order valence-electron chi connectivity index (χ4n) is 4.89. The van der Waals surface area contributed by atoms with Crippen LogP contribution in [-0.2, 0) is 4.65 Å². The third kappa shape index (κ3) is 3.71. The number of para-hydroxylation sites is 1. The molecule has 0 N–H and O–H groups in total. The molecule has 2 nitrogen and oxygen atoms in total. The van der Waals surface area contributed by atoms with Gasteiger partial charge >= 0.3 is 7.48 Å². The highest BCUT2D eigenvalue weighted by Gasteiger charge is 2.34. The van der Waals surface area contributed by atoms with E-state index in [9.17, 15) is 0 Å². The third-order valence-electron chi connectivity index (χ3n) is 7.65. The molecule has 0 aliphatic rings. The van der Waals surface area contributed by atoms with Crippen LogP contribution in [0.5, 0.6) is 0 Å². The van der Waals surface area contributed by atoms with Gasteiger partial charge < -0.3 is 9.22 Å². The molecule has 0 saturated heterocycles. The van der Waals surface area contributed by atoms with Crippen LogP contribution in [0.25, 0.3) is 49.0 Å². The monoisotopic (exact) mass is 486 g/mol. The molecule has 0 saturated carbocycles. The highest BCUT2D eigenvalue weighted by atomic mass is 32.1. The molecule has 1 radical (unpaired) electrons. The van der Waals surface area contributed by atoms with E-state index in [2.05, 4.69) is 129 Å². The molecule has 1 aromatic heterocycles. The Morgan fingerprint density at radius 2 is 1.31 bits per heavy atom. The zero-order chi connectivity index (χ0) is 25.1. The zero-order valence-electron chi connectivity index (χ0n) is 21.1. The van der Waals surface area contributed by atoms with Crippen molar-refractivity contribution in [2.45, 2.75) is 38.0 Å². The van der Waals surface area contributed by atoms with E-state index in [1.54, 1.807) is 0 Å². The molecule has 4 heteroatoms. The molecule has 6 aromatic rings. The van der Waals surface area contributed by atoms with Crippen LogP contribution in [0.2, 0.25) is 0 Å². The summed E-state index contributed by atoms with van der Waals surface area (Å²) in [6.07, 6.45) is 0. The summed E-state index contributed by atoms with van der Waals surface area (Å²) in [5, 5.41) is 7.31. The maximum absolute atomic E-state index is 6.38. The summed E-state index contributed by atoms with van der Waals surface area (Å²) in [6, 6.07) is 34.8. The average molecular weight is 486 g/mol. The fourth-order valence-corrected chi connectivity index (χ4v) is 4.94. The predicted octanol–water partition coefficient (Wildman–Crippen LogP) is 7.84. The Bertz CT molecular complexity index is 1760. The number of hydrogen-bond acceptors (Lipinski definition) is 2. The molecule has 1 heterocycles. The van der Waals surface area contributed by atoms with Gasteiger partial charge in [0.2, 0.25) is 0 Å². The molecule has 0 atom stereocenters. The minimum atomic E-state index is -0.439. The van der Waals surface area contributed by atoms with Crippen molar-refractivity contribution in [3.05, 3.63) is 97.1 Å². The molecule has 0 bridgehead atoms. The van der Waals surface area contributed by atoms with Crippen LogP contribution in [0, 0.1) is 0 Å². The molecule has 36 heavy (non-hydrogen) atoms. The van der Waals surface area contributed by atoms with Crippen molar-refractivity contribution in [2.75, 3.05) is 0 Å². The second-order valence-corrected chi connectivity index (χ2v) is 11.7. The Labute approximate surface area is 218 Å². The lowest BCUT2D eigenvalue weighted by Crippen LogP contribution is -2.45. The highest BCUT2D eigenvalue weighted by molar-refractivity contribution is 7.81. The van der Waals surface area contributed by atoms with E-state index in [0.29, 0.717) is 0 Å². The van der Waals surface area contributed by atoms with Crippen LogP contribution < -0.4 is 5.46 Å². The topological polar surface area (TPSA) is 14.2 Å². The van der Waals surface area contributed by atoms with Gasteiger partial charge in [-0.15, -0.1) is 0 Å². The number of thiol groups is 1. The van der Waals surface area contributed by atoms with Crippen LogP contribution >= 0.6 is 12.6 Å². The lowest BCUT2D eigenvalue weighted by atomic mass is 9.80. The van der Waals surface area contributed by atoms with Crippen LogP contribution in [-0.4, -0.2) is 22.4 Å². The molecular formula is C32H29BNOS. The van der Waals surface area contributed by atoms with Crippen LogP contribution in [0.15, 0.2) is 97.1 Å². The summed E-state index contributed by atoms with van der Waals surface area (Å²) in [6.45, 7) is 8.34. The van der Waals surface area contributed by atoms with Gasteiger partial charge in [0, 0.05) is 26.6 Å². The molecule has 0 aliphatic heterocycles. The Hall–Kier alpha value is -3.21. The molecular weight excluding hydrogens is 457 g/mol. The fraction of sp³-hybridized carbons (Fsp3) is 0.188. The van der Waals surface area contributed by atoms with Gasteiger partial charge in [-0.2, -0.15) is 12.6 Å². The first-order valence-electron chi connectivity index (χ1n) is 12.4. The standard InChI is InChI=1S/C32H29BNOS/c1-31(2,32(3,4)36)35-33-28-20-27-25-14-9-10-16-29(25)34(30(27)26-15-8-7-13-24(26)28)23-18-17-21-11-5-6-12-22(21)19-23/h5-20,36H,1-4H3. The zero-order valence-corrected chi connectivity index (χ0v) is 22.0. The lowest BCUT2D eigenvalue weighted by Gasteiger charge is -2.38. The van der Waals surface area contributed by atoms with E-state index in [4.69, 9.17) is 17.3 Å². The summed E-state index contributed by atoms with van der Waals surface area (Å²) in [7, 11) is 1.92. The SMILES string of the molecule is CC(C)(S)C(C)(C)O[B]c1cc2c3ccccc3n(-c3ccc4ccccc4c3)c2c2ccccc12. The van der Waals surface area contributed by atoms with E-state index in [1.165, 1.54) is 43.4 Å². The van der Waals surface area contributed by atoms with E-state index >= 15 is 0 Å². The molecule has 6 rings (SSSR count). The van der Waals surface area contributed by atoms with Gasteiger partial charge in [-0.3, -0.25) is 0 Å². The van der Waals surface area contributed by atoms with Gasteiger partial charge in [-0.25, -0.2) is 0 Å². The largest absolute Gasteiger partial charge is 0.428 e. The summed E-state index contributed by atoms with van der Waals surface area (Å²) < 4.78 is 8.49. The normalized spacial score (nSPS) is 12.7. The number of aromatic nitrogens is 1. The molecule has 0 fully saturated rings. The van der Waals surface area contributed by atoms with E-state index < -0.39 is 5.60 Å². The molecule has 5 aromatic carbocycles. The minimum absolute atomic E-state index is 0.296. The van der Waals surface area contributed by atoms with Crippen LogP contribution in [0.3, 0.4) is 0 Å². The first-order valence-corrected chi connectivity index (χ1v) is 12.9. The van der Waals surface area contributed by atoms with Gasteiger partial charge in [-0.05, 0) is 67.5 Å². The molecule has 0 aliphatic carbocycles. The summed E-state index contributed by atoms with van der Waals surface area (Å²) in [5.74, 6) is 0. The van der Waals surface area contributed by atoms with Crippen molar-refractivity contribution in [2.24, 2.45) is 0 Å². The maximum atomic E-state index is 6.38. The van der Waals surface area contributed by atoms with Crippen molar-refractivity contribution < 1.29 is 4.65 Å². The Morgan fingerprint density at radius 1 is 0.667 bits per heavy atom. The van der Waals surface area contributed by atoms with Crippen molar-refractivity contribution in [1.29, 1.82) is 0 Å². The van der Waals surface area contributed by atoms with Crippen LogP contribution in [0.1, 0.15) is 27.7 Å². The van der Waals surface area contributed by atoms with Gasteiger partial charge in [0.1, 0.15) is 0 Å². The van der Waals surface area contributed by atoms with Gasteiger partial charge in [0.05, 0.1) is 16.6 Å². The van der Waals surface area contributed by atoms with Crippen molar-refractivity contribution >= 4 is 68.9 Å². The first-order chi connectivity index (χ1) is 17.2. The summed E-state index contributed by atoms with van der Waals surface area (Å²) >= 11 is 4.78. The second kappa shape index (κ2) is 8.43. The number of nitrogens with zero attached hydrogens (tertiary/aromatic N) is 1. The first kappa shape index (κ1) is 23.2. The third-order valence-corrected chi connectivity index (χ3v) is 8.19. The maximum Gasteiger partial charge on any atom is 0.331 e. The molecule has 177 valence electrons. The van der Waals surface area contributed by atoms with Crippen molar-refractivity contribution in [3.8, 4) is 5.69 Å². The van der Waals surface area contributed by atoms with Gasteiger partial charge in [0.25, 0.3) is 0 Å². The Morgan fingerprint density at radius 3 is 2.06 bits per heavy atom. The summed E-state index contributed by atoms with van der Waals surface area (Å²) in [4.78, 5) is 0. The molecule has 0 amide bonds. The van der Waals surface area contributed by atoms with E-state index in [0.717, 1.165) is 11.2 Å². The van der Waals surface area contributed by atoms with Gasteiger partial charge in [-0.1, -0.05) is 78.9 Å². The Balaban J connectivity index is 1.63. The highest BCUT2D eigenvalue weighted by Crippen LogP contribution is 2.37. The van der Waals surface area contributed by atoms with Crippen molar-refractivity contribution in [3.63, 3.8) is 0 Å². The van der Waals surface area contributed by atoms with Crippen molar-refractivity contribution in [1.82, 2.24) is 4.57 Å². The Kier molecular flexibility index (Phi) is 5.44. The number of hydrogen-bond donors (Lipinski definition) is 1. The molecule has 0 spiro atoms. The average Bonchev–Trinajstić information content (AvgIpc) is 3.21.